The number of rotatable bonds is 1. The molecule has 4 unspecified atom stereocenters. The fraction of sp³-hybridized carbons (Fsp3) is 1.00. The molecule has 0 amide bonds. The van der Waals surface area contributed by atoms with Crippen molar-refractivity contribution < 1.29 is 0 Å². The zero-order valence-electron chi connectivity index (χ0n) is 9.71. The monoisotopic (exact) mass is 209 g/mol. The molecule has 0 saturated carbocycles. The molecular formula is C12H23N3. The van der Waals surface area contributed by atoms with Crippen LogP contribution in [0.1, 0.15) is 12.8 Å². The van der Waals surface area contributed by atoms with Gasteiger partial charge in [-0.2, -0.15) is 0 Å². The number of nitrogens with one attached hydrogen (secondary N) is 2. The first-order valence-corrected chi connectivity index (χ1v) is 6.48. The summed E-state index contributed by atoms with van der Waals surface area (Å²) < 4.78 is 0. The van der Waals surface area contributed by atoms with E-state index in [0.29, 0.717) is 0 Å². The van der Waals surface area contributed by atoms with E-state index in [1.807, 2.05) is 0 Å². The quantitative estimate of drug-likeness (QED) is 0.643. The Hall–Kier alpha value is -0.120. The van der Waals surface area contributed by atoms with E-state index in [9.17, 15) is 0 Å². The van der Waals surface area contributed by atoms with E-state index >= 15 is 0 Å². The van der Waals surface area contributed by atoms with Gasteiger partial charge in [0.1, 0.15) is 0 Å². The molecule has 0 aromatic heterocycles. The van der Waals surface area contributed by atoms with Gasteiger partial charge < -0.3 is 15.5 Å². The van der Waals surface area contributed by atoms with Gasteiger partial charge in [-0.05, 0) is 63.8 Å². The highest BCUT2D eigenvalue weighted by Gasteiger charge is 2.45. The van der Waals surface area contributed by atoms with Crippen LogP contribution in [0.2, 0.25) is 0 Å². The van der Waals surface area contributed by atoms with Crippen molar-refractivity contribution in [1.29, 1.82) is 0 Å². The lowest BCUT2D eigenvalue weighted by Gasteiger charge is -2.35. The maximum atomic E-state index is 3.57. The zero-order chi connectivity index (χ0) is 10.3. The number of nitrogens with zero attached hydrogens (tertiary/aromatic N) is 1. The van der Waals surface area contributed by atoms with Crippen molar-refractivity contribution in [3.05, 3.63) is 0 Å². The summed E-state index contributed by atoms with van der Waals surface area (Å²) in [5, 5.41) is 7.13. The van der Waals surface area contributed by atoms with Gasteiger partial charge in [0, 0.05) is 12.6 Å². The highest BCUT2D eigenvalue weighted by Crippen LogP contribution is 2.37. The first kappa shape index (κ1) is 10.1. The number of hydrogen-bond acceptors (Lipinski definition) is 3. The predicted octanol–water partition coefficient (Wildman–Crippen LogP) is 0.136. The fourth-order valence-electron chi connectivity index (χ4n) is 4.05. The van der Waals surface area contributed by atoms with Crippen LogP contribution in [-0.4, -0.2) is 50.7 Å². The topological polar surface area (TPSA) is 27.3 Å². The van der Waals surface area contributed by atoms with Crippen LogP contribution in [0.15, 0.2) is 0 Å². The van der Waals surface area contributed by atoms with Crippen LogP contribution in [0.3, 0.4) is 0 Å². The summed E-state index contributed by atoms with van der Waals surface area (Å²) in [5.41, 5.74) is 0. The summed E-state index contributed by atoms with van der Waals surface area (Å²) in [5.74, 6) is 2.76. The highest BCUT2D eigenvalue weighted by molar-refractivity contribution is 5.00. The lowest BCUT2D eigenvalue weighted by atomic mass is 9.82. The summed E-state index contributed by atoms with van der Waals surface area (Å²) >= 11 is 0. The summed E-state index contributed by atoms with van der Waals surface area (Å²) in [6.07, 6.45) is 2.81. The minimum absolute atomic E-state index is 0.845. The normalized spacial score (nSPS) is 47.0. The molecule has 3 rings (SSSR count). The van der Waals surface area contributed by atoms with Gasteiger partial charge in [-0.1, -0.05) is 0 Å². The second kappa shape index (κ2) is 4.04. The van der Waals surface area contributed by atoms with E-state index in [1.165, 1.54) is 45.6 Å². The molecule has 3 nitrogen and oxygen atoms in total. The summed E-state index contributed by atoms with van der Waals surface area (Å²) in [4.78, 5) is 2.63. The average molecular weight is 209 g/mol. The van der Waals surface area contributed by atoms with Gasteiger partial charge in [0.2, 0.25) is 0 Å². The van der Waals surface area contributed by atoms with Crippen LogP contribution in [0.5, 0.6) is 0 Å². The second-order valence-electron chi connectivity index (χ2n) is 5.62. The SMILES string of the molecule is CN1CC2CNCC2C1C1CCCNC1. The molecule has 3 saturated heterocycles. The third kappa shape index (κ3) is 1.71. The Morgan fingerprint density at radius 2 is 1.93 bits per heavy atom. The van der Waals surface area contributed by atoms with Crippen molar-refractivity contribution in [3.8, 4) is 0 Å². The first-order chi connectivity index (χ1) is 7.36. The van der Waals surface area contributed by atoms with Crippen molar-refractivity contribution in [2.45, 2.75) is 18.9 Å². The van der Waals surface area contributed by atoms with Crippen LogP contribution in [0, 0.1) is 17.8 Å². The maximum absolute atomic E-state index is 3.57. The molecule has 86 valence electrons. The third-order valence-corrected chi connectivity index (χ3v) is 4.68. The Kier molecular flexibility index (Phi) is 2.71. The van der Waals surface area contributed by atoms with Crippen molar-refractivity contribution in [1.82, 2.24) is 15.5 Å². The molecule has 0 radical (unpaired) electrons. The van der Waals surface area contributed by atoms with Gasteiger partial charge in [0.05, 0.1) is 0 Å². The molecule has 3 heterocycles. The Morgan fingerprint density at radius 1 is 1.07 bits per heavy atom. The lowest BCUT2D eigenvalue weighted by molar-refractivity contribution is 0.164. The Balaban J connectivity index is 1.72. The van der Waals surface area contributed by atoms with Crippen molar-refractivity contribution >= 4 is 0 Å². The zero-order valence-corrected chi connectivity index (χ0v) is 9.71. The third-order valence-electron chi connectivity index (χ3n) is 4.68. The minimum Gasteiger partial charge on any atom is -0.316 e. The van der Waals surface area contributed by atoms with E-state index in [0.717, 1.165) is 23.8 Å². The Labute approximate surface area is 92.6 Å². The molecule has 0 aliphatic carbocycles. The van der Waals surface area contributed by atoms with Gasteiger partial charge in [-0.3, -0.25) is 0 Å². The van der Waals surface area contributed by atoms with Crippen LogP contribution >= 0.6 is 0 Å². The molecule has 15 heavy (non-hydrogen) atoms. The average Bonchev–Trinajstić information content (AvgIpc) is 2.78. The van der Waals surface area contributed by atoms with E-state index in [4.69, 9.17) is 0 Å². The van der Waals surface area contributed by atoms with Crippen LogP contribution < -0.4 is 10.6 Å². The molecule has 3 aliphatic rings. The summed E-state index contributed by atoms with van der Waals surface area (Å²) in [7, 11) is 2.33. The smallest absolute Gasteiger partial charge is 0.0177 e. The predicted molar refractivity (Wildman–Crippen MR) is 61.9 cm³/mol. The lowest BCUT2D eigenvalue weighted by Crippen LogP contribution is -2.45. The van der Waals surface area contributed by atoms with E-state index < -0.39 is 0 Å². The standard InChI is InChI=1S/C12H23N3/c1-15-8-10-6-14-7-11(10)12(15)9-3-2-4-13-5-9/h9-14H,2-8H2,1H3. The maximum Gasteiger partial charge on any atom is 0.0177 e. The largest absolute Gasteiger partial charge is 0.316 e. The van der Waals surface area contributed by atoms with Gasteiger partial charge in [0.15, 0.2) is 0 Å². The molecule has 3 heteroatoms. The van der Waals surface area contributed by atoms with E-state index in [-0.39, 0.29) is 0 Å². The number of likely N-dealkylation sites (tertiary alicyclic amines) is 1. The fourth-order valence-corrected chi connectivity index (χ4v) is 4.05. The van der Waals surface area contributed by atoms with Gasteiger partial charge in [-0.25, -0.2) is 0 Å². The molecule has 0 aromatic rings. The molecule has 3 fully saturated rings. The van der Waals surface area contributed by atoms with Crippen LogP contribution in [-0.2, 0) is 0 Å². The molecule has 0 spiro atoms. The molecule has 0 bridgehead atoms. The van der Waals surface area contributed by atoms with Crippen LogP contribution in [0.4, 0.5) is 0 Å². The van der Waals surface area contributed by atoms with Crippen molar-refractivity contribution in [2.24, 2.45) is 17.8 Å². The Morgan fingerprint density at radius 3 is 2.73 bits per heavy atom. The van der Waals surface area contributed by atoms with E-state index in [1.54, 1.807) is 0 Å². The first-order valence-electron chi connectivity index (χ1n) is 6.48. The number of hydrogen-bond donors (Lipinski definition) is 2. The Bertz CT molecular complexity index is 225. The molecule has 3 aliphatic heterocycles. The minimum atomic E-state index is 0.845. The van der Waals surface area contributed by atoms with Gasteiger partial charge >= 0.3 is 0 Å². The van der Waals surface area contributed by atoms with Crippen molar-refractivity contribution in [3.63, 3.8) is 0 Å². The molecule has 2 N–H and O–H groups in total. The molecule has 0 aromatic carbocycles. The molecular weight excluding hydrogens is 186 g/mol. The van der Waals surface area contributed by atoms with Crippen LogP contribution in [0.25, 0.3) is 0 Å². The summed E-state index contributed by atoms with van der Waals surface area (Å²) in [6, 6.07) is 0.845. The second-order valence-corrected chi connectivity index (χ2v) is 5.62. The molecule has 4 atom stereocenters. The van der Waals surface area contributed by atoms with E-state index in [2.05, 4.69) is 22.6 Å². The van der Waals surface area contributed by atoms with Crippen molar-refractivity contribution in [2.75, 3.05) is 39.8 Å². The van der Waals surface area contributed by atoms with Gasteiger partial charge in [0.25, 0.3) is 0 Å². The number of piperidine rings is 1. The van der Waals surface area contributed by atoms with Gasteiger partial charge in [-0.15, -0.1) is 0 Å². The highest BCUT2D eigenvalue weighted by atomic mass is 15.2. The number of fused-ring (bicyclic) bond motifs is 1. The summed E-state index contributed by atoms with van der Waals surface area (Å²) in [6.45, 7) is 6.32.